The average Bonchev–Trinajstić information content (AvgIpc) is 2.80. The van der Waals surface area contributed by atoms with Crippen molar-refractivity contribution in [2.45, 2.75) is 6.54 Å². The van der Waals surface area contributed by atoms with Gasteiger partial charge in [0, 0.05) is 36.3 Å². The zero-order valence-corrected chi connectivity index (χ0v) is 16.1. The Bertz CT molecular complexity index is 1150. The van der Waals surface area contributed by atoms with Crippen LogP contribution in [0.1, 0.15) is 15.9 Å². The molecule has 0 atom stereocenters. The molecule has 0 aliphatic heterocycles. The predicted molar refractivity (Wildman–Crippen MR) is 118 cm³/mol. The SMILES string of the molecule is Nc1ccccc1NC(=O)c1ccc(CNc2nccc(-c3ccncc3)n2)cc1. The molecule has 4 rings (SSSR count). The van der Waals surface area contributed by atoms with Crippen LogP contribution in [0, 0.1) is 0 Å². The van der Waals surface area contributed by atoms with Crippen molar-refractivity contribution in [1.29, 1.82) is 0 Å². The molecule has 2 aromatic heterocycles. The van der Waals surface area contributed by atoms with Gasteiger partial charge in [0.05, 0.1) is 17.1 Å². The first-order valence-electron chi connectivity index (χ1n) is 9.41. The highest BCUT2D eigenvalue weighted by Gasteiger charge is 2.08. The third-order valence-corrected chi connectivity index (χ3v) is 4.51. The fourth-order valence-electron chi connectivity index (χ4n) is 2.89. The van der Waals surface area contributed by atoms with Crippen LogP contribution >= 0.6 is 0 Å². The first-order chi connectivity index (χ1) is 14.7. The molecule has 0 bridgehead atoms. The van der Waals surface area contributed by atoms with E-state index in [0.29, 0.717) is 29.4 Å². The molecule has 0 aliphatic carbocycles. The van der Waals surface area contributed by atoms with Gasteiger partial charge in [-0.1, -0.05) is 24.3 Å². The smallest absolute Gasteiger partial charge is 0.255 e. The Morgan fingerprint density at radius 2 is 1.67 bits per heavy atom. The van der Waals surface area contributed by atoms with Gasteiger partial charge in [-0.15, -0.1) is 0 Å². The van der Waals surface area contributed by atoms with Crippen LogP contribution in [0.5, 0.6) is 0 Å². The second-order valence-corrected chi connectivity index (χ2v) is 6.59. The van der Waals surface area contributed by atoms with Gasteiger partial charge in [-0.25, -0.2) is 9.97 Å². The molecule has 0 unspecified atom stereocenters. The molecular weight excluding hydrogens is 376 g/mol. The van der Waals surface area contributed by atoms with Crippen molar-refractivity contribution in [3.8, 4) is 11.3 Å². The highest BCUT2D eigenvalue weighted by atomic mass is 16.1. The van der Waals surface area contributed by atoms with Gasteiger partial charge in [0.2, 0.25) is 5.95 Å². The van der Waals surface area contributed by atoms with E-state index in [1.165, 1.54) is 0 Å². The van der Waals surface area contributed by atoms with Crippen molar-refractivity contribution in [1.82, 2.24) is 15.0 Å². The normalized spacial score (nSPS) is 10.4. The third kappa shape index (κ3) is 4.59. The zero-order chi connectivity index (χ0) is 20.8. The number of anilines is 3. The molecule has 0 fully saturated rings. The van der Waals surface area contributed by atoms with Gasteiger partial charge >= 0.3 is 0 Å². The first kappa shape index (κ1) is 19.1. The molecule has 4 aromatic rings. The fourth-order valence-corrected chi connectivity index (χ4v) is 2.89. The summed E-state index contributed by atoms with van der Waals surface area (Å²) in [6, 6.07) is 20.2. The average molecular weight is 396 g/mol. The number of para-hydroxylation sites is 2. The topological polar surface area (TPSA) is 106 Å². The number of nitrogens with two attached hydrogens (primary N) is 1. The van der Waals surface area contributed by atoms with Gasteiger partial charge < -0.3 is 16.4 Å². The number of hydrogen-bond donors (Lipinski definition) is 3. The third-order valence-electron chi connectivity index (χ3n) is 4.51. The summed E-state index contributed by atoms with van der Waals surface area (Å²) in [6.45, 7) is 0.535. The number of nitrogen functional groups attached to an aromatic ring is 1. The minimum atomic E-state index is -0.208. The lowest BCUT2D eigenvalue weighted by Gasteiger charge is -2.09. The Morgan fingerprint density at radius 3 is 2.43 bits per heavy atom. The summed E-state index contributed by atoms with van der Waals surface area (Å²) in [7, 11) is 0. The minimum Gasteiger partial charge on any atom is -0.397 e. The number of carbonyl (C=O) groups is 1. The van der Waals surface area contributed by atoms with Crippen molar-refractivity contribution in [2.75, 3.05) is 16.4 Å². The predicted octanol–water partition coefficient (Wildman–Crippen LogP) is 3.99. The van der Waals surface area contributed by atoms with E-state index in [1.54, 1.807) is 42.9 Å². The maximum Gasteiger partial charge on any atom is 0.255 e. The molecule has 0 spiro atoms. The number of nitrogens with one attached hydrogen (secondary N) is 2. The lowest BCUT2D eigenvalue weighted by Crippen LogP contribution is -2.13. The quantitative estimate of drug-likeness (QED) is 0.426. The zero-order valence-electron chi connectivity index (χ0n) is 16.1. The summed E-state index contributed by atoms with van der Waals surface area (Å²) in [6.07, 6.45) is 5.18. The van der Waals surface area contributed by atoms with Crippen LogP contribution < -0.4 is 16.4 Å². The fraction of sp³-hybridized carbons (Fsp3) is 0.0435. The highest BCUT2D eigenvalue weighted by Crippen LogP contribution is 2.19. The Labute approximate surface area is 174 Å². The van der Waals surface area contributed by atoms with E-state index < -0.39 is 0 Å². The van der Waals surface area contributed by atoms with E-state index >= 15 is 0 Å². The summed E-state index contributed by atoms with van der Waals surface area (Å²) in [4.78, 5) is 25.2. The van der Waals surface area contributed by atoms with Crippen LogP contribution in [0.15, 0.2) is 85.3 Å². The van der Waals surface area contributed by atoms with E-state index in [9.17, 15) is 4.79 Å². The monoisotopic (exact) mass is 396 g/mol. The van der Waals surface area contributed by atoms with E-state index in [2.05, 4.69) is 25.6 Å². The molecule has 2 aromatic carbocycles. The number of pyridine rings is 1. The van der Waals surface area contributed by atoms with Crippen LogP contribution in [-0.4, -0.2) is 20.9 Å². The van der Waals surface area contributed by atoms with Gasteiger partial charge in [0.1, 0.15) is 0 Å². The van der Waals surface area contributed by atoms with Gasteiger partial charge in [0.15, 0.2) is 0 Å². The number of nitrogens with zero attached hydrogens (tertiary/aromatic N) is 3. The molecule has 7 nitrogen and oxygen atoms in total. The molecule has 0 radical (unpaired) electrons. The van der Waals surface area contributed by atoms with Gasteiger partial charge in [-0.2, -0.15) is 0 Å². The summed E-state index contributed by atoms with van der Waals surface area (Å²) in [5.74, 6) is 0.325. The molecule has 4 N–H and O–H groups in total. The number of rotatable bonds is 6. The maximum absolute atomic E-state index is 12.4. The van der Waals surface area contributed by atoms with Crippen LogP contribution in [-0.2, 0) is 6.54 Å². The van der Waals surface area contributed by atoms with Crippen LogP contribution in [0.25, 0.3) is 11.3 Å². The van der Waals surface area contributed by atoms with Gasteiger partial charge in [0.25, 0.3) is 5.91 Å². The summed E-state index contributed by atoms with van der Waals surface area (Å²) in [5.41, 5.74) is 10.4. The van der Waals surface area contributed by atoms with E-state index in [4.69, 9.17) is 5.73 Å². The largest absolute Gasteiger partial charge is 0.397 e. The van der Waals surface area contributed by atoms with Crippen LogP contribution in [0.3, 0.4) is 0 Å². The molecule has 2 heterocycles. The Kier molecular flexibility index (Phi) is 5.61. The van der Waals surface area contributed by atoms with E-state index in [1.807, 2.05) is 42.5 Å². The van der Waals surface area contributed by atoms with Gasteiger partial charge in [-0.3, -0.25) is 9.78 Å². The molecule has 0 aliphatic rings. The molecule has 30 heavy (non-hydrogen) atoms. The Morgan fingerprint density at radius 1 is 0.900 bits per heavy atom. The van der Waals surface area contributed by atoms with Crippen LogP contribution in [0.2, 0.25) is 0 Å². The second kappa shape index (κ2) is 8.83. The molecule has 7 heteroatoms. The van der Waals surface area contributed by atoms with E-state index in [-0.39, 0.29) is 5.91 Å². The standard InChI is InChI=1S/C23H20N6O/c24-19-3-1-2-4-21(19)28-22(30)18-7-5-16(6-8-18)15-27-23-26-14-11-20(29-23)17-9-12-25-13-10-17/h1-14H,15,24H2,(H,28,30)(H,26,27,29). The first-order valence-corrected chi connectivity index (χ1v) is 9.41. The number of aromatic nitrogens is 3. The number of benzene rings is 2. The van der Waals surface area contributed by atoms with Crippen LogP contribution in [0.4, 0.5) is 17.3 Å². The number of amides is 1. The number of carbonyl (C=O) groups excluding carboxylic acids is 1. The summed E-state index contributed by atoms with van der Waals surface area (Å²) >= 11 is 0. The van der Waals surface area contributed by atoms with Crippen molar-refractivity contribution < 1.29 is 4.79 Å². The molecule has 1 amide bonds. The van der Waals surface area contributed by atoms with Crippen molar-refractivity contribution in [3.63, 3.8) is 0 Å². The van der Waals surface area contributed by atoms with Crippen molar-refractivity contribution in [3.05, 3.63) is 96.4 Å². The molecule has 0 saturated heterocycles. The van der Waals surface area contributed by atoms with Crippen molar-refractivity contribution in [2.24, 2.45) is 0 Å². The molecular formula is C23H20N6O. The maximum atomic E-state index is 12.4. The molecule has 148 valence electrons. The minimum absolute atomic E-state index is 0.208. The van der Waals surface area contributed by atoms with Crippen molar-refractivity contribution >= 4 is 23.2 Å². The Balaban J connectivity index is 1.38. The second-order valence-electron chi connectivity index (χ2n) is 6.59. The Hall–Kier alpha value is -4.26. The lowest BCUT2D eigenvalue weighted by molar-refractivity contribution is 0.102. The summed E-state index contributed by atoms with van der Waals surface area (Å²) < 4.78 is 0. The highest BCUT2D eigenvalue weighted by molar-refractivity contribution is 6.05. The van der Waals surface area contributed by atoms with Gasteiger partial charge in [-0.05, 0) is 48.0 Å². The lowest BCUT2D eigenvalue weighted by atomic mass is 10.1. The van der Waals surface area contributed by atoms with E-state index in [0.717, 1.165) is 16.8 Å². The number of hydrogen-bond acceptors (Lipinski definition) is 6. The summed E-state index contributed by atoms with van der Waals surface area (Å²) in [5, 5.41) is 6.03. The molecule has 0 saturated carbocycles.